The molecule has 0 aromatic heterocycles. The van der Waals surface area contributed by atoms with Crippen molar-refractivity contribution in [2.75, 3.05) is 18.0 Å². The van der Waals surface area contributed by atoms with E-state index in [1.807, 2.05) is 60.7 Å². The van der Waals surface area contributed by atoms with Crippen LogP contribution >= 0.6 is 11.6 Å². The molecule has 5 rings (SSSR count). The molecule has 0 radical (unpaired) electrons. The van der Waals surface area contributed by atoms with E-state index < -0.39 is 28.5 Å². The molecule has 1 fully saturated rings. The highest BCUT2D eigenvalue weighted by atomic mass is 35.5. The number of nitrogens with zero attached hydrogens (tertiary/aromatic N) is 2. The van der Waals surface area contributed by atoms with Crippen LogP contribution in [-0.4, -0.2) is 50.9 Å². The van der Waals surface area contributed by atoms with Gasteiger partial charge in [0.15, 0.2) is 0 Å². The Morgan fingerprint density at radius 2 is 1.45 bits per heavy atom. The maximum absolute atomic E-state index is 14.7. The van der Waals surface area contributed by atoms with Gasteiger partial charge in [-0.05, 0) is 54.3 Å². The molecular formula is C37H40ClN3O5S. The molecule has 4 aromatic carbocycles. The highest BCUT2D eigenvalue weighted by Crippen LogP contribution is 2.35. The van der Waals surface area contributed by atoms with Crippen LogP contribution in [0.25, 0.3) is 0 Å². The Labute approximate surface area is 282 Å². The first-order valence-electron chi connectivity index (χ1n) is 15.9. The van der Waals surface area contributed by atoms with Crippen molar-refractivity contribution in [1.29, 1.82) is 0 Å². The molecule has 1 atom stereocenters. The fraction of sp³-hybridized carbons (Fsp3) is 0.297. The number of halogens is 1. The van der Waals surface area contributed by atoms with Gasteiger partial charge >= 0.3 is 0 Å². The molecule has 8 nitrogen and oxygen atoms in total. The van der Waals surface area contributed by atoms with Gasteiger partial charge in [0.1, 0.15) is 18.3 Å². The molecule has 1 aliphatic rings. The fourth-order valence-corrected chi connectivity index (χ4v) is 7.57. The van der Waals surface area contributed by atoms with Crippen LogP contribution < -0.4 is 14.4 Å². The smallest absolute Gasteiger partial charge is 0.264 e. The number of rotatable bonds is 13. The van der Waals surface area contributed by atoms with E-state index in [1.165, 1.54) is 30.2 Å². The second kappa shape index (κ2) is 16.0. The molecule has 0 spiro atoms. The number of benzene rings is 4. The molecule has 4 aromatic rings. The quantitative estimate of drug-likeness (QED) is 0.172. The van der Waals surface area contributed by atoms with Gasteiger partial charge in [0.2, 0.25) is 11.8 Å². The number of hydrogen-bond acceptors (Lipinski definition) is 5. The molecule has 0 unspecified atom stereocenters. The summed E-state index contributed by atoms with van der Waals surface area (Å²) in [5.41, 5.74) is 1.80. The van der Waals surface area contributed by atoms with Crippen LogP contribution in [0, 0.1) is 0 Å². The van der Waals surface area contributed by atoms with Crippen LogP contribution in [-0.2, 0) is 32.6 Å². The van der Waals surface area contributed by atoms with E-state index in [4.69, 9.17) is 16.3 Å². The van der Waals surface area contributed by atoms with Gasteiger partial charge in [-0.1, -0.05) is 110 Å². The van der Waals surface area contributed by atoms with E-state index in [0.29, 0.717) is 0 Å². The molecule has 246 valence electrons. The maximum atomic E-state index is 14.7. The van der Waals surface area contributed by atoms with Gasteiger partial charge in [-0.2, -0.15) is 0 Å². The number of hydrogen-bond donors (Lipinski definition) is 1. The van der Waals surface area contributed by atoms with Gasteiger partial charge in [0.25, 0.3) is 10.0 Å². The molecule has 1 N–H and O–H groups in total. The number of ether oxygens (including phenoxy) is 1. The molecule has 10 heteroatoms. The van der Waals surface area contributed by atoms with E-state index in [1.54, 1.807) is 30.3 Å². The Balaban J connectivity index is 1.58. The first-order chi connectivity index (χ1) is 22.8. The van der Waals surface area contributed by atoms with Crippen LogP contribution in [0.5, 0.6) is 5.75 Å². The van der Waals surface area contributed by atoms with E-state index >= 15 is 0 Å². The van der Waals surface area contributed by atoms with Crippen molar-refractivity contribution >= 4 is 39.1 Å². The summed E-state index contributed by atoms with van der Waals surface area (Å²) in [6.45, 7) is -0.496. The van der Waals surface area contributed by atoms with Crippen molar-refractivity contribution in [2.45, 2.75) is 62.0 Å². The number of nitrogens with one attached hydrogen (secondary N) is 1. The van der Waals surface area contributed by atoms with Crippen LogP contribution in [0.3, 0.4) is 0 Å². The predicted molar refractivity (Wildman–Crippen MR) is 185 cm³/mol. The van der Waals surface area contributed by atoms with Gasteiger partial charge in [0, 0.05) is 24.0 Å². The third-order valence-electron chi connectivity index (χ3n) is 8.44. The Morgan fingerprint density at radius 3 is 2.06 bits per heavy atom. The van der Waals surface area contributed by atoms with Crippen molar-refractivity contribution in [2.24, 2.45) is 0 Å². The van der Waals surface area contributed by atoms with Crippen LogP contribution in [0.15, 0.2) is 114 Å². The largest absolute Gasteiger partial charge is 0.495 e. The number of methoxy groups -OCH3 is 1. The molecule has 0 bridgehead atoms. The lowest BCUT2D eigenvalue weighted by molar-refractivity contribution is -0.140. The molecule has 2 amide bonds. The van der Waals surface area contributed by atoms with Crippen molar-refractivity contribution < 1.29 is 22.7 Å². The minimum atomic E-state index is -4.29. The lowest BCUT2D eigenvalue weighted by Crippen LogP contribution is -2.55. The number of amides is 2. The molecule has 1 aliphatic carbocycles. The second-order valence-electron chi connectivity index (χ2n) is 11.7. The predicted octanol–water partition coefficient (Wildman–Crippen LogP) is 6.63. The van der Waals surface area contributed by atoms with E-state index in [-0.39, 0.29) is 46.3 Å². The zero-order valence-corrected chi connectivity index (χ0v) is 28.0. The summed E-state index contributed by atoms with van der Waals surface area (Å²) < 4.78 is 35.1. The first kappa shape index (κ1) is 34.0. The third kappa shape index (κ3) is 8.73. The van der Waals surface area contributed by atoms with Crippen molar-refractivity contribution in [1.82, 2.24) is 10.2 Å². The van der Waals surface area contributed by atoms with Crippen molar-refractivity contribution in [3.05, 3.63) is 125 Å². The van der Waals surface area contributed by atoms with Gasteiger partial charge in [-0.3, -0.25) is 13.9 Å². The molecular weight excluding hydrogens is 634 g/mol. The minimum absolute atomic E-state index is 0.000292. The van der Waals surface area contributed by atoms with Gasteiger partial charge in [0.05, 0.1) is 17.7 Å². The third-order valence-corrected chi connectivity index (χ3v) is 10.4. The summed E-state index contributed by atoms with van der Waals surface area (Å²) in [5.74, 6) is -0.579. The first-order valence-corrected chi connectivity index (χ1v) is 17.7. The summed E-state index contributed by atoms with van der Waals surface area (Å²) in [7, 11) is -2.86. The van der Waals surface area contributed by atoms with Crippen molar-refractivity contribution in [3.63, 3.8) is 0 Å². The highest BCUT2D eigenvalue weighted by molar-refractivity contribution is 7.92. The summed E-state index contributed by atoms with van der Waals surface area (Å²) in [5, 5.41) is 3.50. The summed E-state index contributed by atoms with van der Waals surface area (Å²) in [4.78, 5) is 30.4. The van der Waals surface area contributed by atoms with E-state index in [2.05, 4.69) is 5.32 Å². The van der Waals surface area contributed by atoms with Crippen molar-refractivity contribution in [3.8, 4) is 5.75 Å². The number of anilines is 1. The standard InChI is InChI=1S/C37H40ClN3O5S/c1-46-35-23-22-30(38)25-33(35)41(47(44,45)32-20-12-5-13-21-32)27-36(42)40(26-29-16-8-3-9-17-29)34(24-28-14-6-2-7-15-28)37(43)39-31-18-10-4-11-19-31/h2-3,5-9,12-17,20-23,25,31,34H,4,10-11,18-19,24,26-27H2,1H3,(H,39,43)/t34-/m0/s1. The fourth-order valence-electron chi connectivity index (χ4n) is 5.97. The average Bonchev–Trinajstić information content (AvgIpc) is 3.10. The molecule has 0 heterocycles. The van der Waals surface area contributed by atoms with E-state index in [0.717, 1.165) is 47.5 Å². The second-order valence-corrected chi connectivity index (χ2v) is 14.0. The Kier molecular flexibility index (Phi) is 11.6. The summed E-state index contributed by atoms with van der Waals surface area (Å²) in [6, 6.07) is 30.6. The number of sulfonamides is 1. The monoisotopic (exact) mass is 673 g/mol. The average molecular weight is 674 g/mol. The lowest BCUT2D eigenvalue weighted by atomic mass is 9.94. The van der Waals surface area contributed by atoms with Crippen LogP contribution in [0.4, 0.5) is 5.69 Å². The normalized spacial score (nSPS) is 14.2. The number of carbonyl (C=O) groups excluding carboxylic acids is 2. The highest BCUT2D eigenvalue weighted by Gasteiger charge is 2.36. The molecule has 0 aliphatic heterocycles. The maximum Gasteiger partial charge on any atom is 0.264 e. The zero-order chi connectivity index (χ0) is 33.2. The Morgan fingerprint density at radius 1 is 0.851 bits per heavy atom. The van der Waals surface area contributed by atoms with Gasteiger partial charge < -0.3 is 15.0 Å². The molecule has 1 saturated carbocycles. The lowest BCUT2D eigenvalue weighted by Gasteiger charge is -2.35. The van der Waals surface area contributed by atoms with Crippen LogP contribution in [0.2, 0.25) is 5.02 Å². The summed E-state index contributed by atoms with van der Waals surface area (Å²) >= 11 is 6.37. The van der Waals surface area contributed by atoms with E-state index in [9.17, 15) is 18.0 Å². The van der Waals surface area contributed by atoms with Gasteiger partial charge in [-0.15, -0.1) is 0 Å². The molecule has 47 heavy (non-hydrogen) atoms. The Bertz CT molecular complexity index is 1730. The van der Waals surface area contributed by atoms with Crippen LogP contribution in [0.1, 0.15) is 43.2 Å². The SMILES string of the molecule is COc1ccc(Cl)cc1N(CC(=O)N(Cc1ccccc1)[C@@H](Cc1ccccc1)C(=O)NC1CCCCC1)S(=O)(=O)c1ccccc1. The Hall–Kier alpha value is -4.34. The van der Waals surface area contributed by atoms with Gasteiger partial charge in [-0.25, -0.2) is 8.42 Å². The minimum Gasteiger partial charge on any atom is -0.495 e. The molecule has 0 saturated heterocycles. The zero-order valence-electron chi connectivity index (χ0n) is 26.4. The topological polar surface area (TPSA) is 96.0 Å². The summed E-state index contributed by atoms with van der Waals surface area (Å²) in [6.07, 6.45) is 5.23. The number of carbonyl (C=O) groups is 2.